The Morgan fingerprint density at radius 1 is 1.45 bits per heavy atom. The van der Waals surface area contributed by atoms with Gasteiger partial charge in [0.25, 0.3) is 0 Å². The lowest BCUT2D eigenvalue weighted by atomic mass is 10.0. The Balaban J connectivity index is 2.37. The third-order valence-electron chi connectivity index (χ3n) is 3.04. The second-order valence-corrected chi connectivity index (χ2v) is 6.04. The molecule has 0 amide bonds. The van der Waals surface area contributed by atoms with E-state index in [-0.39, 0.29) is 11.1 Å². The van der Waals surface area contributed by atoms with Crippen molar-refractivity contribution in [3.63, 3.8) is 0 Å². The number of nitrogen functional groups attached to an aromatic ring is 1. The van der Waals surface area contributed by atoms with Crippen molar-refractivity contribution in [2.24, 2.45) is 0 Å². The summed E-state index contributed by atoms with van der Waals surface area (Å²) in [5.74, 6) is -1.03. The van der Waals surface area contributed by atoms with Gasteiger partial charge in [0.1, 0.15) is 5.01 Å². The highest BCUT2D eigenvalue weighted by Gasteiger charge is 2.24. The van der Waals surface area contributed by atoms with Crippen LogP contribution in [0.3, 0.4) is 0 Å². The van der Waals surface area contributed by atoms with Crippen LogP contribution in [0.15, 0.2) is 23.7 Å². The van der Waals surface area contributed by atoms with Gasteiger partial charge in [-0.2, -0.15) is 0 Å². The number of rotatable bonds is 4. The molecule has 1 heterocycles. The number of benzene rings is 1. The number of aromatic nitrogens is 1. The summed E-state index contributed by atoms with van der Waals surface area (Å²) >= 11 is 1.55. The van der Waals surface area contributed by atoms with Crippen LogP contribution in [-0.2, 0) is 5.54 Å². The van der Waals surface area contributed by atoms with Gasteiger partial charge in [0.15, 0.2) is 0 Å². The van der Waals surface area contributed by atoms with E-state index in [4.69, 9.17) is 5.73 Å². The van der Waals surface area contributed by atoms with E-state index in [9.17, 15) is 9.90 Å². The number of carbonyl (C=O) groups is 1. The first kappa shape index (κ1) is 14.3. The van der Waals surface area contributed by atoms with Gasteiger partial charge in [-0.3, -0.25) is 0 Å². The van der Waals surface area contributed by atoms with E-state index in [1.807, 2.05) is 25.3 Å². The highest BCUT2D eigenvalue weighted by atomic mass is 32.1. The van der Waals surface area contributed by atoms with E-state index in [0.29, 0.717) is 11.4 Å². The predicted octanol–water partition coefficient (Wildman–Crippen LogP) is 3.08. The van der Waals surface area contributed by atoms with Crippen molar-refractivity contribution >= 4 is 28.7 Å². The Labute approximate surface area is 121 Å². The van der Waals surface area contributed by atoms with Crippen molar-refractivity contribution in [2.75, 3.05) is 11.1 Å². The Bertz CT molecular complexity index is 636. The Morgan fingerprint density at radius 3 is 2.70 bits per heavy atom. The number of nitrogens with two attached hydrogens (primary N) is 1. The zero-order valence-corrected chi connectivity index (χ0v) is 12.4. The molecule has 4 N–H and O–H groups in total. The molecule has 0 atom stereocenters. The molecule has 2 rings (SSSR count). The van der Waals surface area contributed by atoms with Crippen molar-refractivity contribution in [1.82, 2.24) is 4.98 Å². The first-order valence-corrected chi connectivity index (χ1v) is 7.01. The fourth-order valence-corrected chi connectivity index (χ4v) is 2.71. The van der Waals surface area contributed by atoms with Crippen molar-refractivity contribution in [2.45, 2.75) is 26.3 Å². The van der Waals surface area contributed by atoms with E-state index < -0.39 is 5.97 Å². The molecule has 0 radical (unpaired) electrons. The molecular formula is C14H17N3O2S. The van der Waals surface area contributed by atoms with Crippen molar-refractivity contribution in [1.29, 1.82) is 0 Å². The SMILES string of the molecule is Cc1cc(NC(C)(C)c2nccs2)cc(C(=O)O)c1N. The first-order valence-electron chi connectivity index (χ1n) is 6.13. The molecule has 0 saturated heterocycles. The van der Waals surface area contributed by atoms with Gasteiger partial charge in [0.05, 0.1) is 11.1 Å². The minimum Gasteiger partial charge on any atom is -0.478 e. The third-order valence-corrected chi connectivity index (χ3v) is 4.14. The number of hydrogen-bond donors (Lipinski definition) is 3. The van der Waals surface area contributed by atoms with Crippen LogP contribution in [0, 0.1) is 6.92 Å². The van der Waals surface area contributed by atoms with Crippen molar-refractivity contribution in [3.05, 3.63) is 39.8 Å². The molecule has 2 aromatic rings. The number of aryl methyl sites for hydroxylation is 1. The molecule has 0 saturated carbocycles. The molecule has 0 bridgehead atoms. The highest BCUT2D eigenvalue weighted by Crippen LogP contribution is 2.30. The van der Waals surface area contributed by atoms with E-state index in [0.717, 1.165) is 10.6 Å². The lowest BCUT2D eigenvalue weighted by molar-refractivity contribution is 0.0698. The Kier molecular flexibility index (Phi) is 3.67. The number of carboxylic acids is 1. The minimum absolute atomic E-state index is 0.113. The average Bonchev–Trinajstić information content (AvgIpc) is 2.87. The van der Waals surface area contributed by atoms with E-state index >= 15 is 0 Å². The maximum Gasteiger partial charge on any atom is 0.337 e. The predicted molar refractivity (Wildman–Crippen MR) is 81.3 cm³/mol. The molecule has 0 aliphatic heterocycles. The van der Waals surface area contributed by atoms with Crippen LogP contribution in [0.5, 0.6) is 0 Å². The zero-order chi connectivity index (χ0) is 14.9. The fraction of sp³-hybridized carbons (Fsp3) is 0.286. The van der Waals surface area contributed by atoms with Crippen LogP contribution < -0.4 is 11.1 Å². The quantitative estimate of drug-likeness (QED) is 0.753. The first-order chi connectivity index (χ1) is 9.31. The summed E-state index contributed by atoms with van der Waals surface area (Å²) in [6.07, 6.45) is 1.75. The standard InChI is InChI=1S/C14H17N3O2S/c1-8-6-9(7-10(11(8)15)12(18)19)17-14(2,3)13-16-4-5-20-13/h4-7,17H,15H2,1-3H3,(H,18,19). The highest BCUT2D eigenvalue weighted by molar-refractivity contribution is 7.09. The molecule has 20 heavy (non-hydrogen) atoms. The second kappa shape index (κ2) is 5.13. The van der Waals surface area contributed by atoms with E-state index in [1.165, 1.54) is 0 Å². The molecule has 0 spiro atoms. The summed E-state index contributed by atoms with van der Waals surface area (Å²) in [6, 6.07) is 3.40. The van der Waals surface area contributed by atoms with Gasteiger partial charge in [0, 0.05) is 23.0 Å². The molecule has 5 nitrogen and oxygen atoms in total. The number of nitrogens with zero attached hydrogens (tertiary/aromatic N) is 1. The summed E-state index contributed by atoms with van der Waals surface area (Å²) in [7, 11) is 0. The lowest BCUT2D eigenvalue weighted by Gasteiger charge is -2.26. The summed E-state index contributed by atoms with van der Waals surface area (Å²) in [5.41, 5.74) is 7.28. The van der Waals surface area contributed by atoms with E-state index in [1.54, 1.807) is 30.5 Å². The van der Waals surface area contributed by atoms with E-state index in [2.05, 4.69) is 10.3 Å². The minimum atomic E-state index is -1.03. The molecule has 6 heteroatoms. The molecule has 0 unspecified atom stereocenters. The average molecular weight is 291 g/mol. The number of thiazole rings is 1. The molecule has 0 fully saturated rings. The lowest BCUT2D eigenvalue weighted by Crippen LogP contribution is -2.28. The van der Waals surface area contributed by atoms with Crippen LogP contribution in [-0.4, -0.2) is 16.1 Å². The number of carboxylic acid groups (broad SMARTS) is 1. The molecule has 0 aliphatic carbocycles. The van der Waals surface area contributed by atoms with Gasteiger partial charge in [-0.25, -0.2) is 9.78 Å². The maximum absolute atomic E-state index is 11.2. The summed E-state index contributed by atoms with van der Waals surface area (Å²) in [5, 5.41) is 15.3. The maximum atomic E-state index is 11.2. The van der Waals surface area contributed by atoms with Gasteiger partial charge in [-0.1, -0.05) is 0 Å². The molecule has 0 aliphatic rings. The van der Waals surface area contributed by atoms with Crippen molar-refractivity contribution < 1.29 is 9.90 Å². The zero-order valence-electron chi connectivity index (χ0n) is 11.6. The molecular weight excluding hydrogens is 274 g/mol. The van der Waals surface area contributed by atoms with Gasteiger partial charge in [0.2, 0.25) is 0 Å². The van der Waals surface area contributed by atoms with Crippen molar-refractivity contribution in [3.8, 4) is 0 Å². The largest absolute Gasteiger partial charge is 0.478 e. The second-order valence-electron chi connectivity index (χ2n) is 5.15. The number of aromatic carboxylic acids is 1. The van der Waals surface area contributed by atoms with Crippen LogP contribution >= 0.6 is 11.3 Å². The number of nitrogens with one attached hydrogen (secondary N) is 1. The van der Waals surface area contributed by atoms with Crippen LogP contribution in [0.1, 0.15) is 34.8 Å². The number of anilines is 2. The summed E-state index contributed by atoms with van der Waals surface area (Å²) in [4.78, 5) is 15.5. The molecule has 1 aromatic carbocycles. The summed E-state index contributed by atoms with van der Waals surface area (Å²) in [6.45, 7) is 5.79. The Morgan fingerprint density at radius 2 is 2.15 bits per heavy atom. The normalized spacial score (nSPS) is 11.3. The monoisotopic (exact) mass is 291 g/mol. The third kappa shape index (κ3) is 2.75. The van der Waals surface area contributed by atoms with Crippen LogP contribution in [0.25, 0.3) is 0 Å². The van der Waals surface area contributed by atoms with Gasteiger partial charge in [-0.15, -0.1) is 11.3 Å². The fourth-order valence-electron chi connectivity index (χ4n) is 1.99. The summed E-state index contributed by atoms with van der Waals surface area (Å²) < 4.78 is 0. The van der Waals surface area contributed by atoms with Gasteiger partial charge < -0.3 is 16.2 Å². The molecule has 1 aromatic heterocycles. The van der Waals surface area contributed by atoms with Gasteiger partial charge in [-0.05, 0) is 38.5 Å². The number of hydrogen-bond acceptors (Lipinski definition) is 5. The van der Waals surface area contributed by atoms with Crippen LogP contribution in [0.4, 0.5) is 11.4 Å². The van der Waals surface area contributed by atoms with Gasteiger partial charge >= 0.3 is 5.97 Å². The Hall–Kier alpha value is -2.08. The smallest absolute Gasteiger partial charge is 0.337 e. The topological polar surface area (TPSA) is 88.2 Å². The van der Waals surface area contributed by atoms with Crippen LogP contribution in [0.2, 0.25) is 0 Å². The molecule has 106 valence electrons.